The van der Waals surface area contributed by atoms with Gasteiger partial charge < -0.3 is 15.2 Å². The van der Waals surface area contributed by atoms with Crippen LogP contribution in [0.25, 0.3) is 10.9 Å². The van der Waals surface area contributed by atoms with Crippen LogP contribution in [-0.2, 0) is 6.54 Å². The van der Waals surface area contributed by atoms with Crippen molar-refractivity contribution in [1.82, 2.24) is 9.47 Å². The standard InChI is InChI=1S/C17H15BrN2O.C12H13BrFNO/c1-11-8-17(21)14-7-6-13(18)9-16(14)20(11)10-12-4-2-3-5-15(12)19;1-8(15(2)3)6-12(16)10-5-4-9(13)7-11(10)14/h2-9H,10,19H2,1H3;4-7H,1-3H3/b;8-6+. The van der Waals surface area contributed by atoms with Crippen LogP contribution in [0.15, 0.2) is 92.2 Å². The van der Waals surface area contributed by atoms with Crippen LogP contribution in [0.5, 0.6) is 0 Å². The SMILES string of the molecule is C/C(=C\C(=O)c1ccc(Br)cc1F)N(C)C.Cc1cc(=O)c2ccc(Br)cc2n1Cc1ccccc1N. The van der Waals surface area contributed by atoms with Gasteiger partial charge in [-0.1, -0.05) is 50.1 Å². The third kappa shape index (κ3) is 7.17. The third-order valence-corrected chi connectivity index (χ3v) is 6.89. The number of halogens is 3. The Balaban J connectivity index is 0.000000214. The zero-order valence-electron chi connectivity index (χ0n) is 21.1. The number of nitrogens with two attached hydrogens (primary N) is 1. The Morgan fingerprint density at radius 1 is 1.03 bits per heavy atom. The fourth-order valence-corrected chi connectivity index (χ4v) is 4.30. The molecular formula is C29H28Br2FN3O2. The van der Waals surface area contributed by atoms with E-state index >= 15 is 0 Å². The molecule has 37 heavy (non-hydrogen) atoms. The number of aromatic nitrogens is 1. The van der Waals surface area contributed by atoms with Crippen molar-refractivity contribution in [3.63, 3.8) is 0 Å². The molecule has 0 saturated heterocycles. The summed E-state index contributed by atoms with van der Waals surface area (Å²) in [5.74, 6) is -0.835. The summed E-state index contributed by atoms with van der Waals surface area (Å²) in [5.41, 5.74) is 10.6. The Hall–Kier alpha value is -3.23. The maximum Gasteiger partial charge on any atom is 0.190 e. The number of hydrogen-bond donors (Lipinski definition) is 1. The maximum absolute atomic E-state index is 13.5. The van der Waals surface area contributed by atoms with Gasteiger partial charge in [-0.15, -0.1) is 0 Å². The minimum atomic E-state index is -0.512. The van der Waals surface area contributed by atoms with E-state index < -0.39 is 5.82 Å². The zero-order chi connectivity index (χ0) is 27.3. The molecule has 0 saturated carbocycles. The number of fused-ring (bicyclic) bond motifs is 1. The molecule has 1 heterocycles. The summed E-state index contributed by atoms with van der Waals surface area (Å²) in [4.78, 5) is 25.7. The first-order valence-electron chi connectivity index (χ1n) is 11.5. The second-order valence-corrected chi connectivity index (χ2v) is 10.6. The van der Waals surface area contributed by atoms with E-state index in [-0.39, 0.29) is 16.8 Å². The Bertz CT molecular complexity index is 1540. The summed E-state index contributed by atoms with van der Waals surface area (Å²) in [5, 5.41) is 0.721. The van der Waals surface area contributed by atoms with E-state index in [2.05, 4.69) is 36.4 Å². The fraction of sp³-hybridized carbons (Fsp3) is 0.172. The summed E-state index contributed by atoms with van der Waals surface area (Å²) in [6, 6.07) is 19.6. The van der Waals surface area contributed by atoms with E-state index in [0.29, 0.717) is 11.0 Å². The highest BCUT2D eigenvalue weighted by Crippen LogP contribution is 2.22. The topological polar surface area (TPSA) is 68.3 Å². The van der Waals surface area contributed by atoms with Gasteiger partial charge in [0.1, 0.15) is 5.82 Å². The van der Waals surface area contributed by atoms with Crippen LogP contribution in [0.1, 0.15) is 28.5 Å². The van der Waals surface area contributed by atoms with E-state index in [9.17, 15) is 14.0 Å². The molecular weight excluding hydrogens is 601 g/mol. The number of nitrogens with zero attached hydrogens (tertiary/aromatic N) is 2. The summed E-state index contributed by atoms with van der Waals surface area (Å²) in [6.45, 7) is 4.39. The van der Waals surface area contributed by atoms with Gasteiger partial charge in [-0.05, 0) is 61.9 Å². The molecule has 0 unspecified atom stereocenters. The van der Waals surface area contributed by atoms with E-state index in [1.807, 2.05) is 63.5 Å². The summed E-state index contributed by atoms with van der Waals surface area (Å²) >= 11 is 6.62. The maximum atomic E-state index is 13.5. The molecule has 0 radical (unpaired) electrons. The monoisotopic (exact) mass is 627 g/mol. The molecule has 0 aliphatic rings. The molecule has 0 bridgehead atoms. The number of para-hydroxylation sites is 1. The normalized spacial score (nSPS) is 11.2. The molecule has 4 aromatic rings. The van der Waals surface area contributed by atoms with Gasteiger partial charge in [-0.25, -0.2) is 4.39 Å². The fourth-order valence-electron chi connectivity index (χ4n) is 3.62. The minimum Gasteiger partial charge on any atom is -0.398 e. The first kappa shape index (κ1) is 28.3. The van der Waals surface area contributed by atoms with Crippen LogP contribution < -0.4 is 11.2 Å². The van der Waals surface area contributed by atoms with Gasteiger partial charge in [0.25, 0.3) is 0 Å². The third-order valence-electron chi connectivity index (χ3n) is 5.91. The minimum absolute atomic E-state index is 0.0484. The first-order chi connectivity index (χ1) is 17.5. The molecule has 5 nitrogen and oxygen atoms in total. The summed E-state index contributed by atoms with van der Waals surface area (Å²) < 4.78 is 17.2. The number of pyridine rings is 1. The number of carbonyl (C=O) groups is 1. The van der Waals surface area contributed by atoms with Crippen molar-refractivity contribution < 1.29 is 9.18 Å². The average Bonchev–Trinajstić information content (AvgIpc) is 2.82. The molecule has 8 heteroatoms. The predicted octanol–water partition coefficient (Wildman–Crippen LogP) is 6.94. The van der Waals surface area contributed by atoms with Crippen LogP contribution >= 0.6 is 31.9 Å². The highest BCUT2D eigenvalue weighted by Gasteiger charge is 2.11. The summed E-state index contributed by atoms with van der Waals surface area (Å²) in [6.07, 6.45) is 1.42. The molecule has 0 amide bonds. The molecule has 1 aromatic heterocycles. The van der Waals surface area contributed by atoms with Gasteiger partial charge in [0.05, 0.1) is 11.1 Å². The van der Waals surface area contributed by atoms with E-state index in [4.69, 9.17) is 5.73 Å². The molecule has 2 N–H and O–H groups in total. The number of carbonyl (C=O) groups excluding carboxylic acids is 1. The Morgan fingerprint density at radius 2 is 1.68 bits per heavy atom. The van der Waals surface area contributed by atoms with E-state index in [0.717, 1.165) is 38.0 Å². The van der Waals surface area contributed by atoms with Crippen molar-refractivity contribution in [3.8, 4) is 0 Å². The smallest absolute Gasteiger partial charge is 0.190 e. The lowest BCUT2D eigenvalue weighted by molar-refractivity contribution is 0.104. The quantitative estimate of drug-likeness (QED) is 0.148. The van der Waals surface area contributed by atoms with Crippen LogP contribution in [0.3, 0.4) is 0 Å². The van der Waals surface area contributed by atoms with Gasteiger partial charge in [0.15, 0.2) is 11.2 Å². The zero-order valence-corrected chi connectivity index (χ0v) is 24.2. The van der Waals surface area contributed by atoms with Gasteiger partial charge in [0, 0.05) is 64.2 Å². The number of hydrogen-bond acceptors (Lipinski definition) is 4. The second-order valence-electron chi connectivity index (χ2n) is 8.76. The van der Waals surface area contributed by atoms with E-state index in [1.54, 1.807) is 24.0 Å². The van der Waals surface area contributed by atoms with E-state index in [1.165, 1.54) is 18.2 Å². The van der Waals surface area contributed by atoms with Gasteiger partial charge in [-0.3, -0.25) is 9.59 Å². The lowest BCUT2D eigenvalue weighted by Crippen LogP contribution is -2.13. The Kier molecular flexibility index (Phi) is 9.45. The van der Waals surface area contributed by atoms with Gasteiger partial charge in [0.2, 0.25) is 0 Å². The molecule has 0 atom stereocenters. The molecule has 3 aromatic carbocycles. The number of anilines is 1. The largest absolute Gasteiger partial charge is 0.398 e. The second kappa shape index (κ2) is 12.3. The number of aryl methyl sites for hydroxylation is 1. The van der Waals surface area contributed by atoms with Crippen molar-refractivity contribution in [3.05, 3.63) is 120 Å². The number of ketones is 1. The molecule has 192 valence electrons. The number of rotatable bonds is 5. The van der Waals surface area contributed by atoms with Crippen molar-refractivity contribution in [2.75, 3.05) is 19.8 Å². The van der Waals surface area contributed by atoms with Gasteiger partial charge in [-0.2, -0.15) is 0 Å². The molecule has 0 spiro atoms. The van der Waals surface area contributed by atoms with Crippen molar-refractivity contribution in [2.45, 2.75) is 20.4 Å². The molecule has 0 aliphatic carbocycles. The molecule has 0 fully saturated rings. The number of nitrogen functional groups attached to an aromatic ring is 1. The lowest BCUT2D eigenvalue weighted by Gasteiger charge is -2.16. The van der Waals surface area contributed by atoms with Crippen LogP contribution in [0.2, 0.25) is 0 Å². The first-order valence-corrected chi connectivity index (χ1v) is 13.0. The highest BCUT2D eigenvalue weighted by molar-refractivity contribution is 9.10. The molecule has 4 rings (SSSR count). The van der Waals surface area contributed by atoms with Crippen LogP contribution in [0, 0.1) is 12.7 Å². The average molecular weight is 629 g/mol. The molecule has 0 aliphatic heterocycles. The van der Waals surface area contributed by atoms with Gasteiger partial charge >= 0.3 is 0 Å². The predicted molar refractivity (Wildman–Crippen MR) is 156 cm³/mol. The Labute approximate surface area is 232 Å². The van der Waals surface area contributed by atoms with Crippen LogP contribution in [-0.4, -0.2) is 29.3 Å². The highest BCUT2D eigenvalue weighted by atomic mass is 79.9. The van der Waals surface area contributed by atoms with Crippen molar-refractivity contribution >= 4 is 54.2 Å². The van der Waals surface area contributed by atoms with Crippen molar-refractivity contribution in [2.24, 2.45) is 0 Å². The lowest BCUT2D eigenvalue weighted by atomic mass is 10.1. The Morgan fingerprint density at radius 3 is 2.32 bits per heavy atom. The number of benzene rings is 3. The van der Waals surface area contributed by atoms with Crippen LogP contribution in [0.4, 0.5) is 10.1 Å². The van der Waals surface area contributed by atoms with Crippen molar-refractivity contribution in [1.29, 1.82) is 0 Å². The summed E-state index contributed by atoms with van der Waals surface area (Å²) in [7, 11) is 3.66. The number of allylic oxidation sites excluding steroid dienone is 2.